The van der Waals surface area contributed by atoms with E-state index >= 15 is 0 Å². The molecule has 0 saturated carbocycles. The first-order valence-corrected chi connectivity index (χ1v) is 9.35. The number of rotatable bonds is 6. The summed E-state index contributed by atoms with van der Waals surface area (Å²) in [5.41, 5.74) is 3.70. The monoisotopic (exact) mass is 386 g/mol. The minimum absolute atomic E-state index is 0.132. The van der Waals surface area contributed by atoms with Crippen LogP contribution in [0.25, 0.3) is 22.2 Å². The standard InChI is InChI=1S/C24H22N2O3/c1-28-19-12-13-20(23(15-19)29-2)25-24(27)16-26-21-11-7-6-10-18(21)14-22(26)17-8-4-3-5-9-17/h3-15H,16H2,1-2H3,(H,25,27). The van der Waals surface area contributed by atoms with Crippen molar-refractivity contribution in [3.05, 3.63) is 78.9 Å². The molecule has 1 amide bonds. The first kappa shape index (κ1) is 18.6. The lowest BCUT2D eigenvalue weighted by Crippen LogP contribution is -2.19. The van der Waals surface area contributed by atoms with E-state index in [0.29, 0.717) is 17.2 Å². The van der Waals surface area contributed by atoms with Gasteiger partial charge in [0.1, 0.15) is 18.0 Å². The van der Waals surface area contributed by atoms with E-state index in [-0.39, 0.29) is 12.5 Å². The minimum Gasteiger partial charge on any atom is -0.497 e. The molecule has 0 fully saturated rings. The zero-order chi connectivity index (χ0) is 20.2. The predicted octanol–water partition coefficient (Wildman–Crippen LogP) is 4.96. The van der Waals surface area contributed by atoms with E-state index in [1.54, 1.807) is 32.4 Å². The molecule has 1 aromatic heterocycles. The van der Waals surface area contributed by atoms with Crippen LogP contribution >= 0.6 is 0 Å². The van der Waals surface area contributed by atoms with E-state index in [0.717, 1.165) is 22.2 Å². The summed E-state index contributed by atoms with van der Waals surface area (Å²) in [4.78, 5) is 12.9. The molecule has 0 radical (unpaired) electrons. The molecule has 1 N–H and O–H groups in total. The van der Waals surface area contributed by atoms with Crippen LogP contribution in [0, 0.1) is 0 Å². The van der Waals surface area contributed by atoms with Gasteiger partial charge in [-0.25, -0.2) is 0 Å². The Morgan fingerprint density at radius 3 is 2.41 bits per heavy atom. The van der Waals surface area contributed by atoms with Crippen molar-refractivity contribution in [1.29, 1.82) is 0 Å². The highest BCUT2D eigenvalue weighted by Crippen LogP contribution is 2.30. The van der Waals surface area contributed by atoms with Crippen LogP contribution in [-0.2, 0) is 11.3 Å². The minimum atomic E-state index is -0.132. The third-order valence-corrected chi connectivity index (χ3v) is 4.86. The predicted molar refractivity (Wildman–Crippen MR) is 116 cm³/mol. The first-order valence-electron chi connectivity index (χ1n) is 9.35. The van der Waals surface area contributed by atoms with Gasteiger partial charge in [-0.05, 0) is 29.8 Å². The zero-order valence-electron chi connectivity index (χ0n) is 16.4. The smallest absolute Gasteiger partial charge is 0.244 e. The van der Waals surface area contributed by atoms with Crippen molar-refractivity contribution in [2.75, 3.05) is 19.5 Å². The number of nitrogens with zero attached hydrogens (tertiary/aromatic N) is 1. The second-order valence-electron chi connectivity index (χ2n) is 6.65. The number of anilines is 1. The van der Waals surface area contributed by atoms with Gasteiger partial charge in [-0.1, -0.05) is 48.5 Å². The lowest BCUT2D eigenvalue weighted by molar-refractivity contribution is -0.116. The maximum Gasteiger partial charge on any atom is 0.244 e. The Morgan fingerprint density at radius 1 is 0.897 bits per heavy atom. The highest BCUT2D eigenvalue weighted by molar-refractivity contribution is 5.95. The molecule has 0 bridgehead atoms. The van der Waals surface area contributed by atoms with E-state index < -0.39 is 0 Å². The van der Waals surface area contributed by atoms with Gasteiger partial charge in [0.15, 0.2) is 0 Å². The number of aromatic nitrogens is 1. The Balaban J connectivity index is 1.67. The van der Waals surface area contributed by atoms with Gasteiger partial charge in [0.25, 0.3) is 0 Å². The zero-order valence-corrected chi connectivity index (χ0v) is 16.4. The van der Waals surface area contributed by atoms with Gasteiger partial charge in [-0.3, -0.25) is 4.79 Å². The maximum atomic E-state index is 12.9. The van der Waals surface area contributed by atoms with Crippen LogP contribution in [0.1, 0.15) is 0 Å². The van der Waals surface area contributed by atoms with Gasteiger partial charge >= 0.3 is 0 Å². The van der Waals surface area contributed by atoms with Crippen LogP contribution in [0.4, 0.5) is 5.69 Å². The Labute approximate surface area is 169 Å². The number of hydrogen-bond acceptors (Lipinski definition) is 3. The van der Waals surface area contributed by atoms with Gasteiger partial charge < -0.3 is 19.4 Å². The van der Waals surface area contributed by atoms with Crippen LogP contribution in [0.15, 0.2) is 78.9 Å². The fraction of sp³-hybridized carbons (Fsp3) is 0.125. The third-order valence-electron chi connectivity index (χ3n) is 4.86. The molecule has 0 atom stereocenters. The summed E-state index contributed by atoms with van der Waals surface area (Å²) in [6.45, 7) is 0.187. The van der Waals surface area contributed by atoms with E-state index in [1.165, 1.54) is 0 Å². The van der Waals surface area contributed by atoms with Crippen LogP contribution in [0.5, 0.6) is 11.5 Å². The summed E-state index contributed by atoms with van der Waals surface area (Å²) in [5.74, 6) is 1.09. The SMILES string of the molecule is COc1ccc(NC(=O)Cn2c(-c3ccccc3)cc3ccccc32)c(OC)c1. The van der Waals surface area contributed by atoms with Crippen molar-refractivity contribution in [3.8, 4) is 22.8 Å². The van der Waals surface area contributed by atoms with Crippen LogP contribution in [0.2, 0.25) is 0 Å². The number of amides is 1. The van der Waals surface area contributed by atoms with E-state index in [2.05, 4.69) is 29.6 Å². The molecule has 0 aliphatic carbocycles. The molecule has 5 nitrogen and oxygen atoms in total. The summed E-state index contributed by atoms with van der Waals surface area (Å²) in [7, 11) is 3.16. The van der Waals surface area contributed by atoms with Gasteiger partial charge in [0.2, 0.25) is 5.91 Å². The Bertz CT molecular complexity index is 1150. The average Bonchev–Trinajstić information content (AvgIpc) is 3.13. The summed E-state index contributed by atoms with van der Waals surface area (Å²) in [5, 5.41) is 4.05. The number of carbonyl (C=O) groups excluding carboxylic acids is 1. The molecule has 0 unspecified atom stereocenters. The van der Waals surface area contributed by atoms with Gasteiger partial charge in [-0.15, -0.1) is 0 Å². The van der Waals surface area contributed by atoms with E-state index in [1.807, 2.05) is 41.0 Å². The highest BCUT2D eigenvalue weighted by atomic mass is 16.5. The molecule has 0 spiro atoms. The van der Waals surface area contributed by atoms with Crippen molar-refractivity contribution in [2.24, 2.45) is 0 Å². The van der Waals surface area contributed by atoms with E-state index in [9.17, 15) is 4.79 Å². The van der Waals surface area contributed by atoms with Crippen molar-refractivity contribution in [1.82, 2.24) is 4.57 Å². The van der Waals surface area contributed by atoms with Crippen molar-refractivity contribution < 1.29 is 14.3 Å². The molecule has 4 rings (SSSR count). The summed E-state index contributed by atoms with van der Waals surface area (Å²) >= 11 is 0. The van der Waals surface area contributed by atoms with E-state index in [4.69, 9.17) is 9.47 Å². The molecule has 3 aromatic carbocycles. The molecule has 29 heavy (non-hydrogen) atoms. The number of carbonyl (C=O) groups is 1. The molecule has 5 heteroatoms. The van der Waals surface area contributed by atoms with Crippen LogP contribution in [0.3, 0.4) is 0 Å². The van der Waals surface area contributed by atoms with Gasteiger partial charge in [0, 0.05) is 22.7 Å². The second-order valence-corrected chi connectivity index (χ2v) is 6.65. The molecule has 0 saturated heterocycles. The Hall–Kier alpha value is -3.73. The molecular weight excluding hydrogens is 364 g/mol. The fourth-order valence-corrected chi connectivity index (χ4v) is 3.46. The second kappa shape index (κ2) is 8.10. The van der Waals surface area contributed by atoms with Crippen LogP contribution < -0.4 is 14.8 Å². The Kier molecular flexibility index (Phi) is 5.20. The highest BCUT2D eigenvalue weighted by Gasteiger charge is 2.15. The average molecular weight is 386 g/mol. The molecule has 0 aliphatic rings. The third kappa shape index (κ3) is 3.80. The molecule has 146 valence electrons. The fourth-order valence-electron chi connectivity index (χ4n) is 3.46. The summed E-state index contributed by atoms with van der Waals surface area (Å²) < 4.78 is 12.6. The molecule has 1 heterocycles. The summed E-state index contributed by atoms with van der Waals surface area (Å²) in [6, 6.07) is 25.6. The lowest BCUT2D eigenvalue weighted by Gasteiger charge is -2.14. The van der Waals surface area contributed by atoms with Crippen molar-refractivity contribution in [2.45, 2.75) is 6.54 Å². The summed E-state index contributed by atoms with van der Waals surface area (Å²) in [6.07, 6.45) is 0. The van der Waals surface area contributed by atoms with Gasteiger partial charge in [-0.2, -0.15) is 0 Å². The maximum absolute atomic E-state index is 12.9. The Morgan fingerprint density at radius 2 is 1.66 bits per heavy atom. The number of benzene rings is 3. The first-order chi connectivity index (χ1) is 14.2. The van der Waals surface area contributed by atoms with Crippen LogP contribution in [-0.4, -0.2) is 24.7 Å². The number of nitrogens with one attached hydrogen (secondary N) is 1. The number of hydrogen-bond donors (Lipinski definition) is 1. The molecule has 4 aromatic rings. The number of fused-ring (bicyclic) bond motifs is 1. The van der Waals surface area contributed by atoms with Gasteiger partial charge in [0.05, 0.1) is 19.9 Å². The quantitative estimate of drug-likeness (QED) is 0.509. The largest absolute Gasteiger partial charge is 0.497 e. The van der Waals surface area contributed by atoms with Crippen molar-refractivity contribution >= 4 is 22.5 Å². The topological polar surface area (TPSA) is 52.5 Å². The molecule has 0 aliphatic heterocycles. The number of para-hydroxylation sites is 1. The normalized spacial score (nSPS) is 10.7. The number of methoxy groups -OCH3 is 2. The number of ether oxygens (including phenoxy) is 2. The lowest BCUT2D eigenvalue weighted by atomic mass is 10.1. The molecular formula is C24H22N2O3. The van der Waals surface area contributed by atoms with Crippen molar-refractivity contribution in [3.63, 3.8) is 0 Å².